The molecule has 4 atom stereocenters. The molecule has 5 rings (SSSR count). The number of azide groups is 1. The van der Waals surface area contributed by atoms with Crippen molar-refractivity contribution in [2.45, 2.75) is 88.2 Å². The summed E-state index contributed by atoms with van der Waals surface area (Å²) in [6.45, 7) is 14.1. The van der Waals surface area contributed by atoms with Gasteiger partial charge in [-0.3, -0.25) is 9.36 Å². The number of nitrogens with zero attached hydrogens (tertiary/aromatic N) is 5. The van der Waals surface area contributed by atoms with E-state index < -0.39 is 57.5 Å². The van der Waals surface area contributed by atoms with Crippen molar-refractivity contribution >= 4 is 16.1 Å². The lowest BCUT2D eigenvalue weighted by Crippen LogP contribution is -2.43. The Balaban J connectivity index is 1.52. The number of hydrogen-bond donors (Lipinski definition) is 0. The van der Waals surface area contributed by atoms with Gasteiger partial charge in [0.25, 0.3) is 5.56 Å². The minimum absolute atomic E-state index is 0.0274. The van der Waals surface area contributed by atoms with Crippen LogP contribution in [-0.4, -0.2) is 70.1 Å². The average molecular weight is 772 g/mol. The molecule has 0 aliphatic carbocycles. The summed E-state index contributed by atoms with van der Waals surface area (Å²) < 4.78 is 34.1. The van der Waals surface area contributed by atoms with Crippen LogP contribution in [0.25, 0.3) is 10.4 Å². The van der Waals surface area contributed by atoms with Crippen molar-refractivity contribution in [3.63, 3.8) is 0 Å². The second kappa shape index (κ2) is 18.5. The van der Waals surface area contributed by atoms with Crippen LogP contribution >= 0.6 is 0 Å². The maximum absolute atomic E-state index is 13.9. The van der Waals surface area contributed by atoms with Gasteiger partial charge >= 0.3 is 5.69 Å². The molecule has 2 heterocycles. The molecule has 4 aromatic rings. The lowest BCUT2D eigenvalue weighted by Gasteiger charge is -2.37. The molecule has 1 aliphatic rings. The monoisotopic (exact) mass is 771 g/mol. The van der Waals surface area contributed by atoms with Crippen LogP contribution in [-0.2, 0) is 36.0 Å². The molecule has 1 aromatic heterocycles. The van der Waals surface area contributed by atoms with Crippen LogP contribution in [0.1, 0.15) is 22.9 Å². The zero-order chi connectivity index (χ0) is 38.8. The Morgan fingerprint density at radius 2 is 1.30 bits per heavy atom. The van der Waals surface area contributed by atoms with Crippen LogP contribution in [0.2, 0.25) is 51.4 Å². The highest BCUT2D eigenvalue weighted by Gasteiger charge is 2.48. The van der Waals surface area contributed by atoms with Gasteiger partial charge in [0, 0.05) is 46.5 Å². The summed E-state index contributed by atoms with van der Waals surface area (Å²) in [5.41, 5.74) is 10.3. The second-order valence-corrected chi connectivity index (χ2v) is 27.2. The quantitative estimate of drug-likeness (QED) is 0.0182. The standard InChI is InChI=1S/C40H53N5O7Si2/c1-53(2,3)26-24-48-29-45-35(46)22-23-44(39(45)47)38-36(42-43-41)37(50-30-49-25-27-54(4,5)6)34(52-38)28-51-40(31-16-10-7-11-17-31,32-18-12-8-13-19-32)33-20-14-9-15-21-33/h7-23,34,36-38H,24-30H2,1-6H3/t34-,36-,37-,38-/m1/s1. The fraction of sp³-hybridized carbons (Fsp3) is 0.450. The molecule has 0 saturated carbocycles. The summed E-state index contributed by atoms with van der Waals surface area (Å²) in [6, 6.07) is 31.9. The predicted molar refractivity (Wildman–Crippen MR) is 215 cm³/mol. The highest BCUT2D eigenvalue weighted by Crippen LogP contribution is 2.42. The summed E-state index contributed by atoms with van der Waals surface area (Å²) in [6.07, 6.45) is -1.47. The Bertz CT molecular complexity index is 1850. The first-order chi connectivity index (χ1) is 25.8. The van der Waals surface area contributed by atoms with Gasteiger partial charge in [-0.15, -0.1) is 0 Å². The lowest BCUT2D eigenvalue weighted by molar-refractivity contribution is -0.135. The van der Waals surface area contributed by atoms with Gasteiger partial charge in [0.1, 0.15) is 43.6 Å². The molecule has 0 radical (unpaired) electrons. The molecule has 3 aromatic carbocycles. The third-order valence-corrected chi connectivity index (χ3v) is 12.8. The number of aromatic nitrogens is 2. The van der Waals surface area contributed by atoms with Crippen LogP contribution in [0.3, 0.4) is 0 Å². The highest BCUT2D eigenvalue weighted by atomic mass is 28.3. The van der Waals surface area contributed by atoms with Crippen LogP contribution in [0.15, 0.2) is 118 Å². The minimum Gasteiger partial charge on any atom is -0.361 e. The topological polar surface area (TPSA) is 139 Å². The highest BCUT2D eigenvalue weighted by molar-refractivity contribution is 6.76. The van der Waals surface area contributed by atoms with Crippen molar-refractivity contribution in [3.05, 3.63) is 151 Å². The molecule has 14 heteroatoms. The van der Waals surface area contributed by atoms with E-state index >= 15 is 0 Å². The van der Waals surface area contributed by atoms with E-state index in [1.165, 1.54) is 16.8 Å². The molecular formula is C40H53N5O7Si2. The molecular weight excluding hydrogens is 719 g/mol. The van der Waals surface area contributed by atoms with Crippen molar-refractivity contribution in [3.8, 4) is 0 Å². The molecule has 12 nitrogen and oxygen atoms in total. The minimum atomic E-state index is -1.40. The third kappa shape index (κ3) is 10.3. The van der Waals surface area contributed by atoms with Gasteiger partial charge in [-0.2, -0.15) is 0 Å². The summed E-state index contributed by atoms with van der Waals surface area (Å²) in [4.78, 5) is 30.0. The van der Waals surface area contributed by atoms with E-state index in [1.807, 2.05) is 91.0 Å². The lowest BCUT2D eigenvalue weighted by atomic mass is 9.80. The Morgan fingerprint density at radius 1 is 0.778 bits per heavy atom. The van der Waals surface area contributed by atoms with E-state index in [2.05, 4.69) is 49.3 Å². The number of benzene rings is 3. The van der Waals surface area contributed by atoms with Gasteiger partial charge in [-0.25, -0.2) is 9.36 Å². The molecule has 0 spiro atoms. The molecule has 0 bridgehead atoms. The first-order valence-corrected chi connectivity index (χ1v) is 25.8. The van der Waals surface area contributed by atoms with Gasteiger partial charge in [0.15, 0.2) is 0 Å². The average Bonchev–Trinajstić information content (AvgIpc) is 3.48. The fourth-order valence-corrected chi connectivity index (χ4v) is 7.90. The summed E-state index contributed by atoms with van der Waals surface area (Å²) in [5, 5.41) is 4.12. The van der Waals surface area contributed by atoms with E-state index in [4.69, 9.17) is 23.7 Å². The fourth-order valence-electron chi connectivity index (χ4n) is 6.39. The Kier molecular flexibility index (Phi) is 14.0. The van der Waals surface area contributed by atoms with Crippen molar-refractivity contribution < 1.29 is 23.7 Å². The largest absolute Gasteiger partial charge is 0.361 e. The zero-order valence-electron chi connectivity index (χ0n) is 32.2. The van der Waals surface area contributed by atoms with Crippen LogP contribution in [0, 0.1) is 0 Å². The maximum atomic E-state index is 13.9. The van der Waals surface area contributed by atoms with E-state index in [-0.39, 0.29) is 20.1 Å². The van der Waals surface area contributed by atoms with E-state index in [9.17, 15) is 15.1 Å². The van der Waals surface area contributed by atoms with Crippen molar-refractivity contribution in [2.75, 3.05) is 26.6 Å². The molecule has 0 N–H and O–H groups in total. The molecule has 288 valence electrons. The summed E-state index contributed by atoms with van der Waals surface area (Å²) in [5.74, 6) is 0. The van der Waals surface area contributed by atoms with Crippen molar-refractivity contribution in [1.82, 2.24) is 9.13 Å². The molecule has 0 unspecified atom stereocenters. The number of rotatable bonds is 19. The number of ether oxygens (including phenoxy) is 5. The molecule has 1 aliphatic heterocycles. The normalized spacial score (nSPS) is 19.1. The van der Waals surface area contributed by atoms with Gasteiger partial charge in [-0.05, 0) is 34.3 Å². The first-order valence-electron chi connectivity index (χ1n) is 18.4. The van der Waals surface area contributed by atoms with Gasteiger partial charge < -0.3 is 23.7 Å². The molecule has 1 fully saturated rings. The van der Waals surface area contributed by atoms with E-state index in [0.717, 1.165) is 33.3 Å². The summed E-state index contributed by atoms with van der Waals surface area (Å²) >= 11 is 0. The van der Waals surface area contributed by atoms with E-state index in [0.29, 0.717) is 13.2 Å². The molecule has 1 saturated heterocycles. The van der Waals surface area contributed by atoms with Crippen molar-refractivity contribution in [1.29, 1.82) is 0 Å². The zero-order valence-corrected chi connectivity index (χ0v) is 34.2. The summed E-state index contributed by atoms with van der Waals surface area (Å²) in [7, 11) is -2.77. The maximum Gasteiger partial charge on any atom is 0.335 e. The van der Waals surface area contributed by atoms with Gasteiger partial charge in [0.05, 0.1) is 6.61 Å². The SMILES string of the molecule is C[Si](C)(C)CCOCO[C@H]1[C@@H](N=[N+]=[N-])[C@H](n2ccc(=O)n(COCC[Si](C)(C)C)c2=O)O[C@@H]1COC(c1ccccc1)(c1ccccc1)c1ccccc1. The van der Waals surface area contributed by atoms with Gasteiger partial charge in [-0.1, -0.05) is 135 Å². The number of hydrogen-bond acceptors (Lipinski definition) is 8. The van der Waals surface area contributed by atoms with Crippen molar-refractivity contribution in [2.24, 2.45) is 5.11 Å². The predicted octanol–water partition coefficient (Wildman–Crippen LogP) is 7.60. The van der Waals surface area contributed by atoms with Crippen LogP contribution in [0.4, 0.5) is 0 Å². The second-order valence-electron chi connectivity index (χ2n) is 15.9. The first kappa shape index (κ1) is 41.1. The van der Waals surface area contributed by atoms with Crippen LogP contribution < -0.4 is 11.2 Å². The molecule has 0 amide bonds. The van der Waals surface area contributed by atoms with Gasteiger partial charge in [0.2, 0.25) is 0 Å². The Hall–Kier alpha value is -4.12. The Morgan fingerprint density at radius 3 is 1.80 bits per heavy atom. The Labute approximate surface area is 319 Å². The van der Waals surface area contributed by atoms with Crippen LogP contribution in [0.5, 0.6) is 0 Å². The third-order valence-electron chi connectivity index (χ3n) is 9.43. The van der Waals surface area contributed by atoms with E-state index in [1.54, 1.807) is 0 Å². The molecule has 54 heavy (non-hydrogen) atoms. The smallest absolute Gasteiger partial charge is 0.335 e.